The molecule has 5 rings (SSSR count). The van der Waals surface area contributed by atoms with Gasteiger partial charge in [-0.3, -0.25) is 4.79 Å². The van der Waals surface area contributed by atoms with Gasteiger partial charge in [0.1, 0.15) is 11.2 Å². The van der Waals surface area contributed by atoms with Gasteiger partial charge < -0.3 is 4.90 Å². The first kappa shape index (κ1) is 26.9. The number of alkyl halides is 7. The summed E-state index contributed by atoms with van der Waals surface area (Å²) in [5.74, 6) is -1.41. The summed E-state index contributed by atoms with van der Waals surface area (Å²) < 4.78 is 111. The molecule has 10 heteroatoms. The highest BCUT2D eigenvalue weighted by Gasteiger charge is 2.66. The third-order valence-electron chi connectivity index (χ3n) is 9.07. The molecule has 1 aliphatic heterocycles. The molecule has 0 N–H and O–H groups in total. The Balaban J connectivity index is 1.58. The molecular weight excluding hydrogens is 518 g/mol. The Morgan fingerprint density at radius 2 is 1.63 bits per heavy atom. The van der Waals surface area contributed by atoms with Crippen LogP contribution in [0.25, 0.3) is 0 Å². The highest BCUT2D eigenvalue weighted by atomic mass is 19.4. The number of aryl methyl sites for hydroxylation is 1. The molecule has 2 aliphatic carbocycles. The molecule has 2 nitrogen and oxygen atoms in total. The predicted molar refractivity (Wildman–Crippen MR) is 124 cm³/mol. The van der Waals surface area contributed by atoms with Crippen LogP contribution in [0.1, 0.15) is 61.3 Å². The van der Waals surface area contributed by atoms with E-state index in [4.69, 9.17) is 0 Å². The van der Waals surface area contributed by atoms with Crippen molar-refractivity contribution in [3.05, 3.63) is 70.5 Å². The van der Waals surface area contributed by atoms with E-state index in [0.717, 1.165) is 6.07 Å². The minimum atomic E-state index is -5.13. The third-order valence-corrected chi connectivity index (χ3v) is 9.07. The third kappa shape index (κ3) is 3.92. The normalized spacial score (nSPS) is 26.2. The second kappa shape index (κ2) is 8.68. The molecule has 0 radical (unpaired) electrons. The van der Waals surface area contributed by atoms with Crippen LogP contribution < -0.4 is 0 Å². The summed E-state index contributed by atoms with van der Waals surface area (Å²) >= 11 is 0. The van der Waals surface area contributed by atoms with Gasteiger partial charge in [-0.05, 0) is 79.8 Å². The van der Waals surface area contributed by atoms with Crippen LogP contribution in [0.2, 0.25) is 0 Å². The molecule has 2 fully saturated rings. The van der Waals surface area contributed by atoms with Gasteiger partial charge in [0.25, 0.3) is 0 Å². The topological polar surface area (TPSA) is 20.3 Å². The minimum Gasteiger partial charge on any atom is -0.338 e. The summed E-state index contributed by atoms with van der Waals surface area (Å²) in [5, 5.41) is 0. The molecule has 0 aromatic heterocycles. The lowest BCUT2D eigenvalue weighted by atomic mass is 9.62. The monoisotopic (exact) mass is 545 g/mol. The second-order valence-electron chi connectivity index (χ2n) is 11.1. The van der Waals surface area contributed by atoms with Crippen molar-refractivity contribution in [2.24, 2.45) is 5.41 Å². The zero-order valence-electron chi connectivity index (χ0n) is 20.7. The van der Waals surface area contributed by atoms with Crippen LogP contribution in [0.4, 0.5) is 35.1 Å². The highest BCUT2D eigenvalue weighted by molar-refractivity contribution is 5.85. The van der Waals surface area contributed by atoms with Crippen molar-refractivity contribution in [2.75, 3.05) is 6.54 Å². The van der Waals surface area contributed by atoms with Crippen molar-refractivity contribution in [2.45, 2.75) is 81.3 Å². The number of amides is 1. The molecule has 1 unspecified atom stereocenters. The lowest BCUT2D eigenvalue weighted by Gasteiger charge is -2.48. The average Bonchev–Trinajstić information content (AvgIpc) is 3.17. The van der Waals surface area contributed by atoms with Gasteiger partial charge in [0, 0.05) is 18.0 Å². The molecule has 3 atom stereocenters. The van der Waals surface area contributed by atoms with E-state index in [0.29, 0.717) is 30.0 Å². The van der Waals surface area contributed by atoms with Crippen LogP contribution in [0.15, 0.2) is 42.5 Å². The molecule has 3 aliphatic rings. The summed E-state index contributed by atoms with van der Waals surface area (Å²) in [7, 11) is 0. The molecule has 1 amide bonds. The SMILES string of the molecule is CC(F)(c1ccc2c(c1)CC[C@H]1N(C(=O)C3(C(F)(F)F)CCC3)CC[C@@]21Cc1ccc(F)cc1)C(F)(F)F. The number of likely N-dealkylation sites (tertiary alicyclic amines) is 1. The Kier molecular flexibility index (Phi) is 6.15. The maximum Gasteiger partial charge on any atom is 0.426 e. The molecule has 0 bridgehead atoms. The lowest BCUT2D eigenvalue weighted by Crippen LogP contribution is -2.59. The molecule has 1 saturated heterocycles. The fourth-order valence-electron chi connectivity index (χ4n) is 6.66. The number of fused-ring (bicyclic) bond motifs is 3. The number of nitrogens with zero attached hydrogens (tertiary/aromatic N) is 1. The Morgan fingerprint density at radius 1 is 0.974 bits per heavy atom. The van der Waals surface area contributed by atoms with Gasteiger partial charge in [0.05, 0.1) is 0 Å². The van der Waals surface area contributed by atoms with E-state index < -0.39 is 52.2 Å². The van der Waals surface area contributed by atoms with Crippen molar-refractivity contribution in [3.8, 4) is 0 Å². The minimum absolute atomic E-state index is 0.0626. The van der Waals surface area contributed by atoms with E-state index in [9.17, 15) is 39.9 Å². The van der Waals surface area contributed by atoms with Gasteiger partial charge in [-0.15, -0.1) is 0 Å². The van der Waals surface area contributed by atoms with E-state index >= 15 is 0 Å². The number of rotatable bonds is 4. The van der Waals surface area contributed by atoms with Crippen molar-refractivity contribution in [1.82, 2.24) is 4.90 Å². The Bertz CT molecular complexity index is 1230. The summed E-state index contributed by atoms with van der Waals surface area (Å²) in [4.78, 5) is 14.8. The molecule has 1 heterocycles. The average molecular weight is 546 g/mol. The quantitative estimate of drug-likeness (QED) is 0.369. The maximum absolute atomic E-state index is 14.8. The number of hydrogen-bond donors (Lipinski definition) is 0. The highest BCUT2D eigenvalue weighted by Crippen LogP contribution is 2.57. The number of benzene rings is 2. The van der Waals surface area contributed by atoms with Crippen molar-refractivity contribution < 1.29 is 39.9 Å². The smallest absolute Gasteiger partial charge is 0.338 e. The zero-order chi connectivity index (χ0) is 27.7. The number of hydrogen-bond acceptors (Lipinski definition) is 1. The van der Waals surface area contributed by atoms with E-state index in [1.54, 1.807) is 12.1 Å². The number of carbonyl (C=O) groups excluding carboxylic acids is 1. The van der Waals surface area contributed by atoms with E-state index in [-0.39, 0.29) is 45.1 Å². The Hall–Kier alpha value is -2.65. The van der Waals surface area contributed by atoms with Gasteiger partial charge in [-0.1, -0.05) is 36.8 Å². The first-order valence-electron chi connectivity index (χ1n) is 12.6. The van der Waals surface area contributed by atoms with Crippen LogP contribution in [0.5, 0.6) is 0 Å². The summed E-state index contributed by atoms with van der Waals surface area (Å²) in [6.45, 7) is 0.521. The summed E-state index contributed by atoms with van der Waals surface area (Å²) in [6.07, 6.45) is -9.09. The van der Waals surface area contributed by atoms with Gasteiger partial charge in [-0.25, -0.2) is 8.78 Å². The predicted octanol–water partition coefficient (Wildman–Crippen LogP) is 7.33. The fourth-order valence-corrected chi connectivity index (χ4v) is 6.66. The molecule has 38 heavy (non-hydrogen) atoms. The molecule has 1 saturated carbocycles. The fraction of sp³-hybridized carbons (Fsp3) is 0.536. The first-order valence-corrected chi connectivity index (χ1v) is 12.6. The van der Waals surface area contributed by atoms with Crippen LogP contribution in [-0.4, -0.2) is 35.7 Å². The summed E-state index contributed by atoms with van der Waals surface area (Å²) in [5.41, 5.74) is -5.67. The Labute approximate surface area is 215 Å². The van der Waals surface area contributed by atoms with Crippen molar-refractivity contribution in [3.63, 3.8) is 0 Å². The van der Waals surface area contributed by atoms with Crippen molar-refractivity contribution in [1.29, 1.82) is 0 Å². The van der Waals surface area contributed by atoms with Crippen LogP contribution >= 0.6 is 0 Å². The van der Waals surface area contributed by atoms with Crippen molar-refractivity contribution >= 4 is 5.91 Å². The van der Waals surface area contributed by atoms with E-state index in [2.05, 4.69) is 0 Å². The van der Waals surface area contributed by atoms with Gasteiger partial charge in [0.15, 0.2) is 0 Å². The molecular formula is C28H27F8NO. The largest absolute Gasteiger partial charge is 0.426 e. The first-order chi connectivity index (χ1) is 17.6. The standard InChI is InChI=1S/C28H27F8NO/c1-24(30,27(31,32)33)19-6-9-21-18(15-19)5-10-22-25(21,16-17-3-7-20(29)8-4-17)13-14-37(22)23(38)26(11-2-12-26)28(34,35)36/h3-4,6-9,15,22H,2,5,10-14,16H2,1H3/t22-,24?,25-/m1/s1. The second-order valence-corrected chi connectivity index (χ2v) is 11.1. The van der Waals surface area contributed by atoms with Gasteiger partial charge in [0.2, 0.25) is 11.6 Å². The van der Waals surface area contributed by atoms with E-state index in [1.807, 2.05) is 0 Å². The maximum atomic E-state index is 14.8. The zero-order valence-corrected chi connectivity index (χ0v) is 20.7. The molecule has 206 valence electrons. The summed E-state index contributed by atoms with van der Waals surface area (Å²) in [6, 6.07) is 8.71. The van der Waals surface area contributed by atoms with Gasteiger partial charge in [-0.2, -0.15) is 26.3 Å². The van der Waals surface area contributed by atoms with E-state index in [1.165, 1.54) is 29.2 Å². The van der Waals surface area contributed by atoms with Crippen LogP contribution in [0.3, 0.4) is 0 Å². The van der Waals surface area contributed by atoms with Crippen LogP contribution in [0, 0.1) is 11.2 Å². The van der Waals surface area contributed by atoms with Crippen LogP contribution in [-0.2, 0) is 28.7 Å². The van der Waals surface area contributed by atoms with Gasteiger partial charge >= 0.3 is 12.4 Å². The lowest BCUT2D eigenvalue weighted by molar-refractivity contribution is -0.249. The molecule has 2 aromatic rings. The number of carbonyl (C=O) groups is 1. The number of halogens is 8. The Morgan fingerprint density at radius 3 is 2.18 bits per heavy atom. The molecule has 0 spiro atoms. The molecule has 2 aromatic carbocycles.